The average Bonchev–Trinajstić information content (AvgIpc) is 2.43. The van der Waals surface area contributed by atoms with E-state index in [-0.39, 0.29) is 10.6 Å². The molecule has 2 aromatic rings. The van der Waals surface area contributed by atoms with E-state index in [0.717, 1.165) is 0 Å². The average molecular weight is 390 g/mol. The van der Waals surface area contributed by atoms with E-state index >= 15 is 0 Å². The highest BCUT2D eigenvalue weighted by atomic mass is 79.9. The molecular weight excluding hydrogens is 383 g/mol. The van der Waals surface area contributed by atoms with Crippen molar-refractivity contribution < 1.29 is 10.0 Å². The first-order valence-corrected chi connectivity index (χ1v) is 7.10. The molecule has 108 valence electrons. The predicted molar refractivity (Wildman–Crippen MR) is 86.2 cm³/mol. The van der Waals surface area contributed by atoms with E-state index in [4.69, 9.17) is 23.2 Å². The summed E-state index contributed by atoms with van der Waals surface area (Å²) < 4.78 is 0.450. The largest absolute Gasteiger partial charge is 0.502 e. The second kappa shape index (κ2) is 6.43. The van der Waals surface area contributed by atoms with Gasteiger partial charge in [0.25, 0.3) is 0 Å². The van der Waals surface area contributed by atoms with Crippen LogP contribution in [0.3, 0.4) is 0 Å². The van der Waals surface area contributed by atoms with Gasteiger partial charge >= 0.3 is 5.69 Å². The summed E-state index contributed by atoms with van der Waals surface area (Å²) in [5, 5.41) is 21.3. The van der Waals surface area contributed by atoms with E-state index in [1.165, 1.54) is 18.3 Å². The number of nitro groups is 1. The second-order valence-electron chi connectivity index (χ2n) is 3.95. The molecule has 0 aliphatic rings. The number of halogens is 3. The zero-order valence-corrected chi connectivity index (χ0v) is 13.4. The Morgan fingerprint density at radius 3 is 2.71 bits per heavy atom. The van der Waals surface area contributed by atoms with Crippen LogP contribution in [0, 0.1) is 10.1 Å². The van der Waals surface area contributed by atoms with Crippen LogP contribution >= 0.6 is 39.1 Å². The van der Waals surface area contributed by atoms with E-state index < -0.39 is 16.4 Å². The topological polar surface area (TPSA) is 75.7 Å². The van der Waals surface area contributed by atoms with Crippen LogP contribution in [0.25, 0.3) is 0 Å². The molecule has 0 spiro atoms. The summed E-state index contributed by atoms with van der Waals surface area (Å²) in [6.45, 7) is 0. The number of benzene rings is 2. The van der Waals surface area contributed by atoms with Gasteiger partial charge < -0.3 is 5.11 Å². The molecule has 21 heavy (non-hydrogen) atoms. The van der Waals surface area contributed by atoms with Gasteiger partial charge in [0, 0.05) is 22.3 Å². The highest BCUT2D eigenvalue weighted by molar-refractivity contribution is 9.10. The summed E-state index contributed by atoms with van der Waals surface area (Å²) in [5.41, 5.74) is 0.168. The first-order valence-electron chi connectivity index (χ1n) is 5.55. The number of nitrogens with zero attached hydrogens (tertiary/aromatic N) is 2. The summed E-state index contributed by atoms with van der Waals surface area (Å²) in [5.74, 6) is -0.467. The zero-order chi connectivity index (χ0) is 15.6. The monoisotopic (exact) mass is 388 g/mol. The standard InChI is InChI=1S/C13H7BrCl2N2O3/c14-8-4-7(13(19)11(5-8)18(20)21)6-17-10-3-1-2-9(15)12(10)16/h1-6,19H/b17-6+. The Bertz CT molecular complexity index is 750. The number of aromatic hydroxyl groups is 1. The summed E-state index contributed by atoms with van der Waals surface area (Å²) >= 11 is 15.0. The van der Waals surface area contributed by atoms with Gasteiger partial charge in [-0.05, 0) is 18.2 Å². The molecule has 2 aromatic carbocycles. The minimum atomic E-state index is -0.677. The number of hydrogen-bond acceptors (Lipinski definition) is 4. The van der Waals surface area contributed by atoms with E-state index in [0.29, 0.717) is 15.2 Å². The predicted octanol–water partition coefficient (Wildman–Crippen LogP) is 5.12. The molecule has 0 saturated heterocycles. The van der Waals surface area contributed by atoms with Crippen LogP contribution in [0.1, 0.15) is 5.56 Å². The van der Waals surface area contributed by atoms with E-state index in [2.05, 4.69) is 20.9 Å². The van der Waals surface area contributed by atoms with E-state index in [1.807, 2.05) is 0 Å². The molecule has 1 N–H and O–H groups in total. The number of phenols is 1. The van der Waals surface area contributed by atoms with Crippen LogP contribution in [0.2, 0.25) is 10.0 Å². The van der Waals surface area contributed by atoms with Gasteiger partial charge in [0.05, 0.1) is 20.7 Å². The van der Waals surface area contributed by atoms with Crippen molar-refractivity contribution in [3.05, 3.63) is 60.5 Å². The molecule has 0 unspecified atom stereocenters. The lowest BCUT2D eigenvalue weighted by Crippen LogP contribution is -1.92. The van der Waals surface area contributed by atoms with E-state index in [1.54, 1.807) is 18.2 Å². The molecule has 8 heteroatoms. The molecule has 0 bridgehead atoms. The second-order valence-corrected chi connectivity index (χ2v) is 5.65. The van der Waals surface area contributed by atoms with Crippen molar-refractivity contribution in [2.75, 3.05) is 0 Å². The summed E-state index contributed by atoms with van der Waals surface area (Å²) in [7, 11) is 0. The maximum Gasteiger partial charge on any atom is 0.312 e. The SMILES string of the molecule is O=[N+]([O-])c1cc(Br)cc(/C=N/c2cccc(Cl)c2Cl)c1O. The fraction of sp³-hybridized carbons (Fsp3) is 0. The maximum atomic E-state index is 10.8. The summed E-state index contributed by atoms with van der Waals surface area (Å²) in [4.78, 5) is 14.3. The Kier molecular flexibility index (Phi) is 4.82. The van der Waals surface area contributed by atoms with Crippen LogP contribution < -0.4 is 0 Å². The van der Waals surface area contributed by atoms with Crippen molar-refractivity contribution in [1.29, 1.82) is 0 Å². The molecule has 0 heterocycles. The number of nitro benzene ring substituents is 1. The van der Waals surface area contributed by atoms with Gasteiger partial charge in [0.2, 0.25) is 5.75 Å². The number of hydrogen-bond donors (Lipinski definition) is 1. The quantitative estimate of drug-likeness (QED) is 0.449. The molecular formula is C13H7BrCl2N2O3. The summed E-state index contributed by atoms with van der Waals surface area (Å²) in [6.07, 6.45) is 1.28. The molecule has 0 amide bonds. The van der Waals surface area contributed by atoms with Gasteiger partial charge in [-0.15, -0.1) is 0 Å². The molecule has 0 aliphatic heterocycles. The van der Waals surface area contributed by atoms with Gasteiger partial charge in [-0.25, -0.2) is 0 Å². The Balaban J connectivity index is 2.46. The van der Waals surface area contributed by atoms with Crippen molar-refractivity contribution in [3.8, 4) is 5.75 Å². The third-order valence-corrected chi connectivity index (χ3v) is 3.82. The lowest BCUT2D eigenvalue weighted by Gasteiger charge is -2.03. The van der Waals surface area contributed by atoms with Crippen molar-refractivity contribution in [1.82, 2.24) is 0 Å². The van der Waals surface area contributed by atoms with Crippen molar-refractivity contribution in [2.45, 2.75) is 0 Å². The first kappa shape index (κ1) is 15.8. The smallest absolute Gasteiger partial charge is 0.312 e. The van der Waals surface area contributed by atoms with Crippen LogP contribution in [-0.4, -0.2) is 16.2 Å². The fourth-order valence-corrected chi connectivity index (χ4v) is 2.38. The summed E-state index contributed by atoms with van der Waals surface area (Å²) in [6, 6.07) is 7.63. The molecule has 0 fully saturated rings. The highest BCUT2D eigenvalue weighted by Gasteiger charge is 2.17. The molecule has 0 aromatic heterocycles. The Morgan fingerprint density at radius 1 is 1.33 bits per heavy atom. The lowest BCUT2D eigenvalue weighted by molar-refractivity contribution is -0.385. The van der Waals surface area contributed by atoms with Gasteiger partial charge in [-0.1, -0.05) is 45.2 Å². The Morgan fingerprint density at radius 2 is 2.05 bits per heavy atom. The molecule has 2 rings (SSSR count). The highest BCUT2D eigenvalue weighted by Crippen LogP contribution is 2.34. The molecule has 0 aliphatic carbocycles. The van der Waals surface area contributed by atoms with Crippen LogP contribution in [0.5, 0.6) is 5.75 Å². The molecule has 0 saturated carbocycles. The van der Waals surface area contributed by atoms with Crippen LogP contribution in [0.4, 0.5) is 11.4 Å². The third kappa shape index (κ3) is 3.53. The third-order valence-electron chi connectivity index (χ3n) is 2.55. The number of aliphatic imine (C=N–C) groups is 1. The lowest BCUT2D eigenvalue weighted by atomic mass is 10.2. The molecule has 5 nitrogen and oxygen atoms in total. The Labute approximate surface area is 138 Å². The fourth-order valence-electron chi connectivity index (χ4n) is 1.57. The van der Waals surface area contributed by atoms with Gasteiger partial charge in [0.15, 0.2) is 0 Å². The minimum absolute atomic E-state index is 0.187. The van der Waals surface area contributed by atoms with Crippen molar-refractivity contribution in [3.63, 3.8) is 0 Å². The minimum Gasteiger partial charge on any atom is -0.502 e. The number of rotatable bonds is 3. The first-order chi connectivity index (χ1) is 9.90. The van der Waals surface area contributed by atoms with Gasteiger partial charge in [0.1, 0.15) is 0 Å². The van der Waals surface area contributed by atoms with Gasteiger partial charge in [-0.2, -0.15) is 0 Å². The van der Waals surface area contributed by atoms with Crippen LogP contribution in [-0.2, 0) is 0 Å². The van der Waals surface area contributed by atoms with Crippen molar-refractivity contribution >= 4 is 56.7 Å². The van der Waals surface area contributed by atoms with Crippen molar-refractivity contribution in [2.24, 2.45) is 4.99 Å². The molecule has 0 radical (unpaired) electrons. The zero-order valence-electron chi connectivity index (χ0n) is 10.3. The van der Waals surface area contributed by atoms with Crippen LogP contribution in [0.15, 0.2) is 39.8 Å². The normalized spacial score (nSPS) is 11.0. The van der Waals surface area contributed by atoms with E-state index in [9.17, 15) is 15.2 Å². The Hall–Kier alpha value is -1.63. The van der Waals surface area contributed by atoms with Gasteiger partial charge in [-0.3, -0.25) is 15.1 Å². The maximum absolute atomic E-state index is 10.8. The molecule has 0 atom stereocenters. The number of phenolic OH excluding ortho intramolecular Hbond substituents is 1.